The minimum atomic E-state index is -0.879. The number of rotatable bonds is 18. The molecule has 10 nitrogen and oxygen atoms in total. The Balaban J connectivity index is 0.000000177. The number of benzene rings is 2. The van der Waals surface area contributed by atoms with Gasteiger partial charge in [-0.15, -0.1) is 0 Å². The number of aliphatic hydroxyl groups excluding tert-OH is 2. The first kappa shape index (κ1) is 90.3. The Bertz CT molecular complexity index is 3290. The van der Waals surface area contributed by atoms with Crippen molar-refractivity contribution in [2.45, 2.75) is 352 Å². The van der Waals surface area contributed by atoms with Gasteiger partial charge in [-0.05, 0) is 377 Å². The summed E-state index contributed by atoms with van der Waals surface area (Å²) in [5, 5.41) is 62.5. The number of allylic oxidation sites excluding steroid dienone is 3. The molecule has 0 heterocycles. The van der Waals surface area contributed by atoms with Crippen LogP contribution in [0, 0.1) is 139 Å². The number of hydrogen-bond acceptors (Lipinski definition) is 9. The summed E-state index contributed by atoms with van der Waals surface area (Å²) in [7, 11) is 0. The van der Waals surface area contributed by atoms with E-state index in [9.17, 15) is 35.1 Å². The Morgan fingerprint density at radius 3 is 1.00 bits per heavy atom. The summed E-state index contributed by atoms with van der Waals surface area (Å²) in [6.45, 7) is 42.1. The predicted molar refractivity (Wildman–Crippen MR) is 440 cm³/mol. The number of carbonyl (C=O) groups excluding carboxylic acids is 1. The Morgan fingerprint density at radius 1 is 0.394 bits per heavy atom. The van der Waals surface area contributed by atoms with Gasteiger partial charge in [0.1, 0.15) is 6.10 Å². The van der Waals surface area contributed by atoms with Gasteiger partial charge in [-0.25, -0.2) is 9.59 Å². The van der Waals surface area contributed by atoms with Crippen molar-refractivity contribution in [3.63, 3.8) is 0 Å². The van der Waals surface area contributed by atoms with Crippen LogP contribution in [0.3, 0.4) is 0 Å². The van der Waals surface area contributed by atoms with E-state index in [1.54, 1.807) is 47.1 Å². The molecule has 12 aliphatic rings. The first-order chi connectivity index (χ1) is 50.2. The van der Waals surface area contributed by atoms with Crippen LogP contribution in [0.4, 0.5) is 0 Å². The number of carboxylic acid groups (broad SMARTS) is 1. The van der Waals surface area contributed by atoms with Crippen LogP contribution in [0.2, 0.25) is 0 Å². The van der Waals surface area contributed by atoms with Gasteiger partial charge < -0.3 is 40.9 Å². The van der Waals surface area contributed by atoms with Crippen LogP contribution in [0.15, 0.2) is 95.6 Å². The number of carbonyl (C=O) groups is 2. The van der Waals surface area contributed by atoms with Crippen molar-refractivity contribution in [3.05, 3.63) is 107 Å². The molecule has 2 aromatic rings. The van der Waals surface area contributed by atoms with Gasteiger partial charge in [-0.2, -0.15) is 0 Å². The van der Waals surface area contributed by atoms with Crippen molar-refractivity contribution in [2.24, 2.45) is 139 Å². The molecule has 27 atom stereocenters. The predicted octanol–water partition coefficient (Wildman–Crippen LogP) is 20.3. The number of ether oxygens (including phenoxy) is 1. The Hall–Kier alpha value is -2.64. The summed E-state index contributed by atoms with van der Waals surface area (Å²) in [6.07, 6.45) is 42.0. The van der Waals surface area contributed by atoms with Crippen LogP contribution in [-0.4, -0.2) is 83.2 Å². The maximum atomic E-state index is 13.1. The van der Waals surface area contributed by atoms with Crippen molar-refractivity contribution in [3.8, 4) is 0 Å². The van der Waals surface area contributed by atoms with E-state index in [4.69, 9.17) is 9.84 Å². The zero-order valence-electron chi connectivity index (χ0n) is 72.2. The standard InChI is InChI=1S/C35H52O3.2C28H48O2.C7H6O2.Na.H2O/c1-23(2)12-17-31(38-32(36)25-10-8-7-9-11-25)24(3)28-15-16-29-27-14-13-26-22-33(4,37)20-21-34(26,5)30(27)18-19-35(28,29)6;2*1-18(2)7-12-25(29)19(3)22-10-11-23-21-9-8-20-17-26(4,30)15-16-27(20,5)24(21)13-14-28(22,23)6;8-7(9)6-4-2-1-3-5-6;;/h7-11,13,23-24,27-31,37H,12,14-22H2,1-6H3;2*8,18-19,21-25,29-30H,7,9-17H2,1-6H3;1-5H,(H,8,9);;1H2/q;;;;+1;/p-1/t24-,27-,28+,29-,30-,31+,33-,34-,35+;19-,21-,22+,23-,24-,25+,26-,27-,28+;19-,21-,22+,23-,24-,25-,26-,27-,28+;;;/m000.../s1. The van der Waals surface area contributed by atoms with Gasteiger partial charge in [0.2, 0.25) is 0 Å². The number of aliphatic hydroxyl groups is 5. The molecule has 12 aliphatic carbocycles. The second-order valence-corrected chi connectivity index (χ2v) is 42.6. The van der Waals surface area contributed by atoms with E-state index in [-0.39, 0.29) is 64.7 Å². The van der Waals surface area contributed by atoms with E-state index in [0.717, 1.165) is 150 Å². The molecule has 0 unspecified atom stereocenters. The van der Waals surface area contributed by atoms with E-state index < -0.39 is 22.8 Å². The molecule has 7 N–H and O–H groups in total. The summed E-state index contributed by atoms with van der Waals surface area (Å²) in [5.74, 6) is 11.2. The molecule has 0 aliphatic heterocycles. The molecule has 14 rings (SSSR count). The second kappa shape index (κ2) is 35.7. The molecule has 608 valence electrons. The Labute approximate surface area is 685 Å². The van der Waals surface area contributed by atoms with Crippen LogP contribution >= 0.6 is 0 Å². The van der Waals surface area contributed by atoms with Gasteiger partial charge in [0.25, 0.3) is 0 Å². The molecule has 109 heavy (non-hydrogen) atoms. The van der Waals surface area contributed by atoms with Crippen molar-refractivity contribution in [2.75, 3.05) is 0 Å². The molecule has 2 aromatic carbocycles. The number of fused-ring (bicyclic) bond motifs is 15. The van der Waals surface area contributed by atoms with Gasteiger partial charge in [0.05, 0.1) is 40.1 Å². The van der Waals surface area contributed by atoms with E-state index >= 15 is 0 Å². The fourth-order valence-corrected chi connectivity index (χ4v) is 27.7. The molecule has 0 radical (unpaired) electrons. The fourth-order valence-electron chi connectivity index (χ4n) is 27.7. The summed E-state index contributed by atoms with van der Waals surface area (Å²) < 4.78 is 6.33. The first-order valence-corrected chi connectivity index (χ1v) is 44.4. The van der Waals surface area contributed by atoms with Crippen molar-refractivity contribution < 1.29 is 80.0 Å². The first-order valence-electron chi connectivity index (χ1n) is 44.4. The van der Waals surface area contributed by atoms with Gasteiger partial charge in [0.15, 0.2) is 0 Å². The third-order valence-electron chi connectivity index (χ3n) is 34.5. The summed E-state index contributed by atoms with van der Waals surface area (Å²) >= 11 is 0. The molecule has 0 aromatic heterocycles. The zero-order valence-corrected chi connectivity index (χ0v) is 74.2. The molecule has 9 saturated carbocycles. The van der Waals surface area contributed by atoms with Crippen molar-refractivity contribution in [1.82, 2.24) is 0 Å². The largest absolute Gasteiger partial charge is 1.00 e. The SMILES string of the molecule is CC(C)CC[C@@H](O)[C@@H](C)[C@H]1CC[C@H]2[C@@H]3CC=C4C[C@@](C)(O)CC[C@]4(C)[C@H]3CC[C@]12C.CC(C)CC[C@@H](OC(=O)c1ccccc1)[C@@H](C)[C@H]1CC[C@H]2[C@@H]3CC=C4C[C@@](C)(O)CC[C@]4(C)[C@H]3CC[C@]12C.CC(C)CC[C@H](O)[C@@H](C)[C@H]1CC[C@H]2[C@@H]3CC=C4C[C@@](C)(O)CC[C@]4(C)[C@H]3CC[C@]12C.O=C(O)c1ccccc1.[Na+].[OH-]. The Kier molecular flexibility index (Phi) is 29.5. The van der Waals surface area contributed by atoms with Crippen molar-refractivity contribution in [1.29, 1.82) is 0 Å². The molecular weight excluding hydrogens is 1360 g/mol. The number of carboxylic acids is 1. The summed E-state index contributed by atoms with van der Waals surface area (Å²) in [6, 6.07) is 17.8. The molecule has 0 saturated heterocycles. The van der Waals surface area contributed by atoms with Crippen LogP contribution in [0.25, 0.3) is 0 Å². The number of aromatic carboxylic acids is 1. The summed E-state index contributed by atoms with van der Waals surface area (Å²) in [4.78, 5) is 23.3. The topological polar surface area (TPSA) is 195 Å². The van der Waals surface area contributed by atoms with Crippen LogP contribution < -0.4 is 29.6 Å². The van der Waals surface area contributed by atoms with E-state index in [0.29, 0.717) is 91.5 Å². The maximum Gasteiger partial charge on any atom is 1.00 e. The molecular formula is C98H155NaO10. The van der Waals surface area contributed by atoms with Gasteiger partial charge >= 0.3 is 41.5 Å². The Morgan fingerprint density at radius 2 is 0.697 bits per heavy atom. The van der Waals surface area contributed by atoms with E-state index in [1.807, 2.05) is 51.1 Å². The van der Waals surface area contributed by atoms with Gasteiger partial charge in [-0.3, -0.25) is 0 Å². The molecule has 0 bridgehead atoms. The summed E-state index contributed by atoms with van der Waals surface area (Å²) in [5.41, 5.74) is 6.16. The van der Waals surface area contributed by atoms with Crippen LogP contribution in [0.1, 0.15) is 338 Å². The number of esters is 1. The fraction of sp³-hybridized carbons (Fsp3) is 0.796. The minimum Gasteiger partial charge on any atom is -0.870 e. The molecule has 9 fully saturated rings. The monoisotopic (exact) mass is 1520 g/mol. The molecule has 0 spiro atoms. The third kappa shape index (κ3) is 18.9. The maximum absolute atomic E-state index is 13.1. The van der Waals surface area contributed by atoms with Crippen LogP contribution in [0.5, 0.6) is 0 Å². The normalized spacial score (nSPS) is 41.0. The minimum absolute atomic E-state index is 0. The van der Waals surface area contributed by atoms with E-state index in [1.165, 1.54) is 96.3 Å². The smallest absolute Gasteiger partial charge is 0.870 e. The molecule has 0 amide bonds. The molecule has 11 heteroatoms. The second-order valence-electron chi connectivity index (χ2n) is 42.6. The average molecular weight is 1520 g/mol. The van der Waals surface area contributed by atoms with E-state index in [2.05, 4.69) is 122 Å². The van der Waals surface area contributed by atoms with Gasteiger partial charge in [-0.1, -0.05) is 175 Å². The van der Waals surface area contributed by atoms with Gasteiger partial charge in [0, 0.05) is 0 Å². The quantitative estimate of drug-likeness (QED) is 0.0475. The van der Waals surface area contributed by atoms with Crippen molar-refractivity contribution >= 4 is 11.9 Å². The average Bonchev–Trinajstić information content (AvgIpc) is 1.68. The van der Waals surface area contributed by atoms with Crippen LogP contribution in [-0.2, 0) is 4.74 Å². The third-order valence-corrected chi connectivity index (χ3v) is 34.5. The zero-order chi connectivity index (χ0) is 77.8. The number of hydrogen-bond donors (Lipinski definition) is 6.